The minimum Gasteiger partial charge on any atom is -0.331 e. The van der Waals surface area contributed by atoms with Crippen LogP contribution in [0.15, 0.2) is 18.2 Å². The molecule has 0 unspecified atom stereocenters. The van der Waals surface area contributed by atoms with E-state index in [-0.39, 0.29) is 18.2 Å². The number of anilines is 1. The van der Waals surface area contributed by atoms with E-state index in [0.717, 1.165) is 0 Å². The number of nitrogens with one attached hydrogen (secondary N) is 1. The normalized spacial score (nSPS) is 9.11. The quantitative estimate of drug-likeness (QED) is 0.686. The second-order valence-electron chi connectivity index (χ2n) is 3.23. The maximum Gasteiger partial charge on any atom is 0.175 e. The zero-order chi connectivity index (χ0) is 13.5. The van der Waals surface area contributed by atoms with Gasteiger partial charge in [0.05, 0.1) is 22.8 Å². The van der Waals surface area contributed by atoms with E-state index in [1.54, 1.807) is 18.2 Å². The van der Waals surface area contributed by atoms with Crippen molar-refractivity contribution >= 4 is 46.2 Å². The van der Waals surface area contributed by atoms with Gasteiger partial charge in [-0.25, -0.2) is 0 Å². The predicted octanol–water partition coefficient (Wildman–Crippen LogP) is 3.04. The van der Waals surface area contributed by atoms with E-state index in [2.05, 4.69) is 5.32 Å². The molecule has 0 aliphatic heterocycles. The maximum absolute atomic E-state index is 8.64. The number of benzene rings is 1. The van der Waals surface area contributed by atoms with Crippen molar-refractivity contribution in [3.8, 4) is 12.1 Å². The topological polar surface area (TPSA) is 62.9 Å². The Kier molecular flexibility index (Phi) is 5.67. The number of hydrogen-bond acceptors (Lipinski definition) is 3. The number of nitriles is 2. The lowest BCUT2D eigenvalue weighted by Gasteiger charge is -2.20. The molecule has 1 aromatic carbocycles. The number of thiocarbonyl (C=S) groups is 1. The van der Waals surface area contributed by atoms with Crippen LogP contribution in [0.3, 0.4) is 0 Å². The standard InChI is InChI=1S/C11H8Cl2N4S/c12-8-1-2-10(9(13)7-8)16-11(18)17(5-3-14)6-4-15/h1-2,7H,5-6H2,(H,16,18). The molecule has 0 saturated heterocycles. The molecule has 0 fully saturated rings. The van der Waals surface area contributed by atoms with Crippen LogP contribution in [-0.2, 0) is 0 Å². The minimum atomic E-state index is 0.0323. The van der Waals surface area contributed by atoms with Crippen LogP contribution in [0.1, 0.15) is 0 Å². The van der Waals surface area contributed by atoms with Crippen LogP contribution in [0.5, 0.6) is 0 Å². The van der Waals surface area contributed by atoms with Gasteiger partial charge in [0, 0.05) is 5.02 Å². The van der Waals surface area contributed by atoms with Crippen molar-refractivity contribution < 1.29 is 0 Å². The molecular formula is C11H8Cl2N4S. The van der Waals surface area contributed by atoms with Gasteiger partial charge in [0.15, 0.2) is 5.11 Å². The van der Waals surface area contributed by atoms with Crippen molar-refractivity contribution in [3.05, 3.63) is 28.2 Å². The summed E-state index contributed by atoms with van der Waals surface area (Å²) in [6.07, 6.45) is 0. The summed E-state index contributed by atoms with van der Waals surface area (Å²) in [5.41, 5.74) is 0.576. The van der Waals surface area contributed by atoms with Crippen LogP contribution in [0.25, 0.3) is 0 Å². The Bertz CT molecular complexity index is 517. The van der Waals surface area contributed by atoms with Crippen molar-refractivity contribution in [3.63, 3.8) is 0 Å². The molecule has 18 heavy (non-hydrogen) atoms. The number of halogens is 2. The molecule has 0 bridgehead atoms. The monoisotopic (exact) mass is 298 g/mol. The number of hydrogen-bond donors (Lipinski definition) is 1. The molecule has 1 rings (SSSR count). The first-order valence-corrected chi connectivity index (χ1v) is 5.99. The first-order valence-electron chi connectivity index (χ1n) is 4.83. The lowest BCUT2D eigenvalue weighted by molar-refractivity contribution is 0.532. The molecule has 92 valence electrons. The van der Waals surface area contributed by atoms with Gasteiger partial charge in [-0.1, -0.05) is 23.2 Å². The number of rotatable bonds is 3. The summed E-state index contributed by atoms with van der Waals surface area (Å²) in [7, 11) is 0. The highest BCUT2D eigenvalue weighted by atomic mass is 35.5. The summed E-state index contributed by atoms with van der Waals surface area (Å²) >= 11 is 16.9. The fourth-order valence-corrected chi connectivity index (χ4v) is 1.85. The summed E-state index contributed by atoms with van der Waals surface area (Å²) in [6, 6.07) is 8.79. The zero-order valence-corrected chi connectivity index (χ0v) is 11.5. The van der Waals surface area contributed by atoms with E-state index in [1.807, 2.05) is 12.1 Å². The Balaban J connectivity index is 2.80. The third-order valence-electron chi connectivity index (χ3n) is 1.98. The Morgan fingerprint density at radius 2 is 1.89 bits per heavy atom. The summed E-state index contributed by atoms with van der Waals surface area (Å²) in [5, 5.41) is 21.3. The molecular weight excluding hydrogens is 291 g/mol. The summed E-state index contributed by atoms with van der Waals surface area (Å²) in [4.78, 5) is 1.43. The summed E-state index contributed by atoms with van der Waals surface area (Å²) in [6.45, 7) is 0.0647. The molecule has 0 aromatic heterocycles. The fourth-order valence-electron chi connectivity index (χ4n) is 1.16. The Hall–Kier alpha value is -1.53. The van der Waals surface area contributed by atoms with E-state index in [9.17, 15) is 0 Å². The van der Waals surface area contributed by atoms with E-state index >= 15 is 0 Å². The molecule has 1 aromatic rings. The van der Waals surface area contributed by atoms with Gasteiger partial charge in [-0.15, -0.1) is 0 Å². The molecule has 0 radical (unpaired) electrons. The van der Waals surface area contributed by atoms with E-state index in [0.29, 0.717) is 15.7 Å². The van der Waals surface area contributed by atoms with Crippen molar-refractivity contribution in [2.24, 2.45) is 0 Å². The lowest BCUT2D eigenvalue weighted by Crippen LogP contribution is -2.35. The molecule has 0 spiro atoms. The van der Waals surface area contributed by atoms with Gasteiger partial charge in [0.1, 0.15) is 13.1 Å². The van der Waals surface area contributed by atoms with Gasteiger partial charge in [0.2, 0.25) is 0 Å². The van der Waals surface area contributed by atoms with E-state index in [1.165, 1.54) is 4.90 Å². The highest BCUT2D eigenvalue weighted by Gasteiger charge is 2.10. The third kappa shape index (κ3) is 4.05. The van der Waals surface area contributed by atoms with Crippen LogP contribution < -0.4 is 5.32 Å². The number of nitrogens with zero attached hydrogens (tertiary/aromatic N) is 3. The molecule has 0 heterocycles. The molecule has 0 saturated carbocycles. The molecule has 4 nitrogen and oxygen atoms in total. The Morgan fingerprint density at radius 3 is 2.39 bits per heavy atom. The first kappa shape index (κ1) is 14.5. The predicted molar refractivity (Wildman–Crippen MR) is 75.5 cm³/mol. The van der Waals surface area contributed by atoms with Gasteiger partial charge in [-0.3, -0.25) is 0 Å². The molecule has 0 atom stereocenters. The van der Waals surface area contributed by atoms with Gasteiger partial charge in [0.25, 0.3) is 0 Å². The van der Waals surface area contributed by atoms with Gasteiger partial charge >= 0.3 is 0 Å². The maximum atomic E-state index is 8.64. The lowest BCUT2D eigenvalue weighted by atomic mass is 10.3. The van der Waals surface area contributed by atoms with Gasteiger partial charge < -0.3 is 10.2 Å². The SMILES string of the molecule is N#CCN(CC#N)C(=S)Nc1ccc(Cl)cc1Cl. The average molecular weight is 299 g/mol. The van der Waals surface area contributed by atoms with Crippen molar-refractivity contribution in [1.82, 2.24) is 4.90 Å². The highest BCUT2D eigenvalue weighted by Crippen LogP contribution is 2.25. The largest absolute Gasteiger partial charge is 0.331 e. The fraction of sp³-hybridized carbons (Fsp3) is 0.182. The second-order valence-corrected chi connectivity index (χ2v) is 4.46. The zero-order valence-electron chi connectivity index (χ0n) is 9.15. The van der Waals surface area contributed by atoms with Crippen LogP contribution in [0, 0.1) is 22.7 Å². The van der Waals surface area contributed by atoms with Crippen LogP contribution in [-0.4, -0.2) is 23.1 Å². The second kappa shape index (κ2) is 7.03. The Labute approximate surface area is 120 Å². The van der Waals surface area contributed by atoms with Gasteiger partial charge in [-0.2, -0.15) is 10.5 Å². The molecule has 7 heteroatoms. The van der Waals surface area contributed by atoms with Crippen LogP contribution in [0.4, 0.5) is 5.69 Å². The average Bonchev–Trinajstić information content (AvgIpc) is 2.32. The van der Waals surface area contributed by atoms with Crippen LogP contribution in [0.2, 0.25) is 10.0 Å². The molecule has 1 N–H and O–H groups in total. The summed E-state index contributed by atoms with van der Waals surface area (Å²) < 4.78 is 0. The summed E-state index contributed by atoms with van der Waals surface area (Å²) in [5.74, 6) is 0. The first-order chi connectivity index (χ1) is 8.58. The van der Waals surface area contributed by atoms with Crippen molar-refractivity contribution in [2.45, 2.75) is 0 Å². The smallest absolute Gasteiger partial charge is 0.175 e. The van der Waals surface area contributed by atoms with E-state index in [4.69, 9.17) is 45.9 Å². The molecule has 0 aliphatic carbocycles. The highest BCUT2D eigenvalue weighted by molar-refractivity contribution is 7.80. The van der Waals surface area contributed by atoms with Crippen LogP contribution >= 0.6 is 35.4 Å². The molecule has 0 aliphatic rings. The molecule has 0 amide bonds. The third-order valence-corrected chi connectivity index (χ3v) is 2.89. The minimum absolute atomic E-state index is 0.0323. The van der Waals surface area contributed by atoms with Crippen molar-refractivity contribution in [1.29, 1.82) is 10.5 Å². The van der Waals surface area contributed by atoms with Crippen molar-refractivity contribution in [2.75, 3.05) is 18.4 Å². The van der Waals surface area contributed by atoms with Gasteiger partial charge in [-0.05, 0) is 30.4 Å². The van der Waals surface area contributed by atoms with E-state index < -0.39 is 0 Å². The Morgan fingerprint density at radius 1 is 1.28 bits per heavy atom.